The minimum Gasteiger partial charge on any atom is -0.315 e. The molecular weight excluding hydrogens is 198 g/mol. The lowest BCUT2D eigenvalue weighted by Gasteiger charge is -2.38. The van der Waals surface area contributed by atoms with Crippen molar-refractivity contribution in [3.63, 3.8) is 0 Å². The molecular formula is C13H29N3. The van der Waals surface area contributed by atoms with Crippen molar-refractivity contribution in [1.29, 1.82) is 0 Å². The van der Waals surface area contributed by atoms with Gasteiger partial charge in [-0.25, -0.2) is 0 Å². The van der Waals surface area contributed by atoms with Crippen LogP contribution >= 0.6 is 0 Å². The fourth-order valence-corrected chi connectivity index (χ4v) is 2.05. The van der Waals surface area contributed by atoms with Gasteiger partial charge in [0.15, 0.2) is 0 Å². The van der Waals surface area contributed by atoms with Crippen molar-refractivity contribution < 1.29 is 0 Å². The maximum atomic E-state index is 3.59. The highest BCUT2D eigenvalue weighted by Gasteiger charge is 2.21. The number of hydrogen-bond acceptors (Lipinski definition) is 3. The van der Waals surface area contributed by atoms with E-state index in [2.05, 4.69) is 50.0 Å². The van der Waals surface area contributed by atoms with Crippen LogP contribution in [0.3, 0.4) is 0 Å². The highest BCUT2D eigenvalue weighted by atomic mass is 15.3. The van der Waals surface area contributed by atoms with Gasteiger partial charge in [0.2, 0.25) is 0 Å². The van der Waals surface area contributed by atoms with Crippen LogP contribution in [0.15, 0.2) is 0 Å². The number of nitrogens with one attached hydrogen (secondary N) is 1. The fraction of sp³-hybridized carbons (Fsp3) is 1.00. The van der Waals surface area contributed by atoms with Crippen LogP contribution in [0.4, 0.5) is 0 Å². The highest BCUT2D eigenvalue weighted by Crippen LogP contribution is 2.17. The number of nitrogens with zero attached hydrogens (tertiary/aromatic N) is 2. The van der Waals surface area contributed by atoms with Gasteiger partial charge in [-0.15, -0.1) is 0 Å². The minimum atomic E-state index is 0.447. The molecule has 0 aromatic heterocycles. The maximum absolute atomic E-state index is 3.59. The summed E-state index contributed by atoms with van der Waals surface area (Å²) in [7, 11) is 4.46. The van der Waals surface area contributed by atoms with Crippen molar-refractivity contribution in [3.05, 3.63) is 0 Å². The van der Waals surface area contributed by atoms with Gasteiger partial charge in [0.25, 0.3) is 0 Å². The summed E-state index contributed by atoms with van der Waals surface area (Å²) in [5.41, 5.74) is 0.447. The molecule has 0 radical (unpaired) electrons. The maximum Gasteiger partial charge on any atom is 0.0345 e. The lowest BCUT2D eigenvalue weighted by atomic mass is 9.92. The zero-order valence-corrected chi connectivity index (χ0v) is 11.7. The summed E-state index contributed by atoms with van der Waals surface area (Å²) < 4.78 is 0. The Bertz CT molecular complexity index is 198. The summed E-state index contributed by atoms with van der Waals surface area (Å²) in [6.07, 6.45) is 1.25. The minimum absolute atomic E-state index is 0.447. The van der Waals surface area contributed by atoms with E-state index in [4.69, 9.17) is 0 Å². The summed E-state index contributed by atoms with van der Waals surface area (Å²) in [5, 5.41) is 3.59. The molecule has 1 aliphatic rings. The summed E-state index contributed by atoms with van der Waals surface area (Å²) >= 11 is 0. The van der Waals surface area contributed by atoms with Crippen LogP contribution in [0, 0.1) is 5.41 Å². The third kappa shape index (κ3) is 5.28. The summed E-state index contributed by atoms with van der Waals surface area (Å²) in [5.74, 6) is 0. The molecule has 1 unspecified atom stereocenters. The summed E-state index contributed by atoms with van der Waals surface area (Å²) in [4.78, 5) is 4.90. The van der Waals surface area contributed by atoms with E-state index in [0.717, 1.165) is 13.1 Å². The average molecular weight is 227 g/mol. The molecule has 0 bridgehead atoms. The molecule has 1 fully saturated rings. The molecule has 0 aromatic carbocycles. The third-order valence-corrected chi connectivity index (χ3v) is 3.41. The van der Waals surface area contributed by atoms with Gasteiger partial charge in [-0.05, 0) is 32.5 Å². The molecule has 1 N–H and O–H groups in total. The van der Waals surface area contributed by atoms with Crippen molar-refractivity contribution in [1.82, 2.24) is 15.1 Å². The van der Waals surface area contributed by atoms with Crippen molar-refractivity contribution in [3.8, 4) is 0 Å². The second kappa shape index (κ2) is 5.99. The first-order valence-electron chi connectivity index (χ1n) is 6.48. The Morgan fingerprint density at radius 1 is 1.19 bits per heavy atom. The molecule has 96 valence electrons. The molecule has 0 saturated carbocycles. The Balaban J connectivity index is 2.16. The van der Waals surface area contributed by atoms with E-state index < -0.39 is 0 Å². The molecule has 1 saturated heterocycles. The second-order valence-corrected chi connectivity index (χ2v) is 6.41. The predicted molar refractivity (Wildman–Crippen MR) is 70.9 cm³/mol. The lowest BCUT2D eigenvalue weighted by molar-refractivity contribution is 0.113. The standard InChI is InChI=1S/C13H29N3/c1-13(2,3)6-7-14-10-12-11-15(4)8-9-16(12)5/h12,14H,6-11H2,1-5H3. The molecule has 1 rings (SSSR count). The Morgan fingerprint density at radius 2 is 1.88 bits per heavy atom. The van der Waals surface area contributed by atoms with Gasteiger partial charge >= 0.3 is 0 Å². The van der Waals surface area contributed by atoms with Gasteiger partial charge in [0, 0.05) is 32.2 Å². The van der Waals surface area contributed by atoms with Crippen molar-refractivity contribution >= 4 is 0 Å². The Labute approximate surface area is 101 Å². The first-order chi connectivity index (χ1) is 7.38. The molecule has 0 amide bonds. The molecule has 1 atom stereocenters. The lowest BCUT2D eigenvalue weighted by Crippen LogP contribution is -2.53. The first-order valence-corrected chi connectivity index (χ1v) is 6.48. The molecule has 1 aliphatic heterocycles. The van der Waals surface area contributed by atoms with Crippen LogP contribution < -0.4 is 5.32 Å². The van der Waals surface area contributed by atoms with Gasteiger partial charge in [-0.3, -0.25) is 4.90 Å². The normalized spacial score (nSPS) is 24.9. The SMILES string of the molecule is CN1CCN(C)C(CNCCC(C)(C)C)C1. The van der Waals surface area contributed by atoms with E-state index in [1.54, 1.807) is 0 Å². The van der Waals surface area contributed by atoms with Crippen molar-refractivity contribution in [2.24, 2.45) is 5.41 Å². The Morgan fingerprint density at radius 3 is 2.50 bits per heavy atom. The van der Waals surface area contributed by atoms with E-state index in [-0.39, 0.29) is 0 Å². The molecule has 0 spiro atoms. The van der Waals surface area contributed by atoms with Crippen LogP contribution in [0.2, 0.25) is 0 Å². The van der Waals surface area contributed by atoms with E-state index >= 15 is 0 Å². The molecule has 3 nitrogen and oxygen atoms in total. The van der Waals surface area contributed by atoms with E-state index in [0.29, 0.717) is 11.5 Å². The fourth-order valence-electron chi connectivity index (χ4n) is 2.05. The zero-order valence-electron chi connectivity index (χ0n) is 11.7. The van der Waals surface area contributed by atoms with Crippen LogP contribution in [0.5, 0.6) is 0 Å². The van der Waals surface area contributed by atoms with Gasteiger partial charge in [0.05, 0.1) is 0 Å². The van der Waals surface area contributed by atoms with Gasteiger partial charge in [-0.1, -0.05) is 20.8 Å². The first kappa shape index (κ1) is 13.9. The second-order valence-electron chi connectivity index (χ2n) is 6.41. The predicted octanol–water partition coefficient (Wildman–Crippen LogP) is 1.26. The van der Waals surface area contributed by atoms with Gasteiger partial charge in [-0.2, -0.15) is 0 Å². The molecule has 0 aliphatic carbocycles. The average Bonchev–Trinajstić information content (AvgIpc) is 2.16. The zero-order chi connectivity index (χ0) is 12.2. The van der Waals surface area contributed by atoms with Gasteiger partial charge in [0.1, 0.15) is 0 Å². The smallest absolute Gasteiger partial charge is 0.0345 e. The Kier molecular flexibility index (Phi) is 5.22. The van der Waals surface area contributed by atoms with Crippen LogP contribution in [-0.2, 0) is 0 Å². The Hall–Kier alpha value is -0.120. The number of piperazine rings is 1. The number of hydrogen-bond donors (Lipinski definition) is 1. The van der Waals surface area contributed by atoms with Crippen LogP contribution in [0.1, 0.15) is 27.2 Å². The van der Waals surface area contributed by atoms with Crippen molar-refractivity contribution in [2.75, 3.05) is 46.8 Å². The number of likely N-dealkylation sites (N-methyl/N-ethyl adjacent to an activating group) is 2. The van der Waals surface area contributed by atoms with E-state index in [9.17, 15) is 0 Å². The molecule has 16 heavy (non-hydrogen) atoms. The van der Waals surface area contributed by atoms with Crippen LogP contribution in [-0.4, -0.2) is 62.7 Å². The summed E-state index contributed by atoms with van der Waals surface area (Å²) in [6, 6.07) is 0.679. The molecule has 0 aromatic rings. The third-order valence-electron chi connectivity index (χ3n) is 3.41. The quantitative estimate of drug-likeness (QED) is 0.730. The number of rotatable bonds is 4. The highest BCUT2D eigenvalue weighted by molar-refractivity contribution is 4.80. The van der Waals surface area contributed by atoms with Gasteiger partial charge < -0.3 is 10.2 Å². The van der Waals surface area contributed by atoms with Crippen molar-refractivity contribution in [2.45, 2.75) is 33.2 Å². The van der Waals surface area contributed by atoms with Crippen LogP contribution in [0.25, 0.3) is 0 Å². The van der Waals surface area contributed by atoms with E-state index in [1.165, 1.54) is 26.1 Å². The van der Waals surface area contributed by atoms with E-state index in [1.807, 2.05) is 0 Å². The molecule has 1 heterocycles. The largest absolute Gasteiger partial charge is 0.315 e. The summed E-state index contributed by atoms with van der Waals surface area (Å²) in [6.45, 7) is 12.8. The molecule has 3 heteroatoms. The topological polar surface area (TPSA) is 18.5 Å². The monoisotopic (exact) mass is 227 g/mol.